The fourth-order valence-corrected chi connectivity index (χ4v) is 4.90. The number of methoxy groups -OCH3 is 3. The van der Waals surface area contributed by atoms with Crippen LogP contribution in [0, 0.1) is 0 Å². The van der Waals surface area contributed by atoms with Crippen molar-refractivity contribution in [1.82, 2.24) is 5.32 Å². The van der Waals surface area contributed by atoms with Crippen molar-refractivity contribution in [3.63, 3.8) is 0 Å². The van der Waals surface area contributed by atoms with Crippen molar-refractivity contribution < 1.29 is 23.8 Å². The minimum Gasteiger partial charge on any atom is -0.493 e. The second kappa shape index (κ2) is 11.9. The van der Waals surface area contributed by atoms with Gasteiger partial charge in [-0.05, 0) is 66.8 Å². The molecule has 4 rings (SSSR count). The van der Waals surface area contributed by atoms with E-state index in [2.05, 4.69) is 16.0 Å². The normalized spacial score (nSPS) is 14.5. The average molecular weight is 532 g/mol. The number of aryl methyl sites for hydroxylation is 1. The van der Waals surface area contributed by atoms with Gasteiger partial charge in [0.2, 0.25) is 23.0 Å². The van der Waals surface area contributed by atoms with Crippen molar-refractivity contribution >= 4 is 23.2 Å². The molecular weight excluding hydrogens is 498 g/mol. The molecule has 9 heteroatoms. The number of carbonyl (C=O) groups is 2. The molecule has 9 nitrogen and oxygen atoms in total. The van der Waals surface area contributed by atoms with E-state index in [0.29, 0.717) is 46.9 Å². The molecule has 0 saturated heterocycles. The zero-order chi connectivity index (χ0) is 28.1. The standard InChI is InChI=1S/C30H33N3O6/c1-17(30(36)33-20-9-7-6-8-10-20)31-24-14-12-21-22(16-25(24)35)23(32-18(2)34)13-11-19-15-26(37-3)28(38-4)29(39-5)27(19)21/h6-10,12,14-17,23H,11,13H2,1-5H3,(H,31,35)(H,32,34)(H,33,36)/t17-,23+/m1/s1. The number of amides is 2. The van der Waals surface area contributed by atoms with E-state index in [4.69, 9.17) is 14.2 Å². The summed E-state index contributed by atoms with van der Waals surface area (Å²) in [6, 6.07) is 14.9. The van der Waals surface area contributed by atoms with Crippen LogP contribution in [0.2, 0.25) is 0 Å². The summed E-state index contributed by atoms with van der Waals surface area (Å²) >= 11 is 0. The summed E-state index contributed by atoms with van der Waals surface area (Å²) < 4.78 is 17.0. The monoisotopic (exact) mass is 531 g/mol. The average Bonchev–Trinajstić information content (AvgIpc) is 3.16. The van der Waals surface area contributed by atoms with Gasteiger partial charge in [-0.3, -0.25) is 14.4 Å². The maximum Gasteiger partial charge on any atom is 0.246 e. The van der Waals surface area contributed by atoms with E-state index >= 15 is 0 Å². The Labute approximate surface area is 227 Å². The molecule has 3 aromatic carbocycles. The third-order valence-electron chi connectivity index (χ3n) is 6.72. The topological polar surface area (TPSA) is 115 Å². The summed E-state index contributed by atoms with van der Waals surface area (Å²) in [6.07, 6.45) is 1.16. The largest absolute Gasteiger partial charge is 0.493 e. The Morgan fingerprint density at radius 2 is 1.67 bits per heavy atom. The quantitative estimate of drug-likeness (QED) is 0.397. The molecular formula is C30H33N3O6. The van der Waals surface area contributed by atoms with Gasteiger partial charge in [-0.1, -0.05) is 24.3 Å². The van der Waals surface area contributed by atoms with Gasteiger partial charge in [-0.25, -0.2) is 0 Å². The van der Waals surface area contributed by atoms with Gasteiger partial charge in [0, 0.05) is 18.2 Å². The smallest absolute Gasteiger partial charge is 0.246 e. The number of benzene rings is 2. The summed E-state index contributed by atoms with van der Waals surface area (Å²) in [4.78, 5) is 38.4. The van der Waals surface area contributed by atoms with E-state index in [0.717, 1.165) is 11.1 Å². The van der Waals surface area contributed by atoms with Crippen molar-refractivity contribution in [2.24, 2.45) is 0 Å². The molecule has 0 unspecified atom stereocenters. The third-order valence-corrected chi connectivity index (χ3v) is 6.72. The molecule has 2 atom stereocenters. The first-order valence-electron chi connectivity index (χ1n) is 12.7. The molecule has 0 fully saturated rings. The number of ether oxygens (including phenoxy) is 3. The predicted octanol–water partition coefficient (Wildman–Crippen LogP) is 4.30. The molecule has 3 aromatic rings. The number of rotatable bonds is 8. The van der Waals surface area contributed by atoms with Crippen LogP contribution in [-0.2, 0) is 16.0 Å². The van der Waals surface area contributed by atoms with Crippen molar-refractivity contribution in [3.05, 3.63) is 75.9 Å². The number of fused-ring (bicyclic) bond motifs is 3. The van der Waals surface area contributed by atoms with Crippen molar-refractivity contribution in [2.45, 2.75) is 38.8 Å². The summed E-state index contributed by atoms with van der Waals surface area (Å²) in [6.45, 7) is 3.14. The van der Waals surface area contributed by atoms with Crippen LogP contribution in [0.25, 0.3) is 11.1 Å². The van der Waals surface area contributed by atoms with Crippen LogP contribution >= 0.6 is 0 Å². The lowest BCUT2D eigenvalue weighted by Crippen LogP contribution is -2.33. The minimum atomic E-state index is -0.697. The molecule has 0 aliphatic heterocycles. The van der Waals surface area contributed by atoms with Crippen molar-refractivity contribution in [2.75, 3.05) is 32.0 Å². The third kappa shape index (κ3) is 5.82. The first kappa shape index (κ1) is 27.5. The zero-order valence-electron chi connectivity index (χ0n) is 22.7. The first-order chi connectivity index (χ1) is 18.8. The molecule has 39 heavy (non-hydrogen) atoms. The highest BCUT2D eigenvalue weighted by Gasteiger charge is 2.29. The summed E-state index contributed by atoms with van der Waals surface area (Å²) in [5, 5.41) is 8.88. The Morgan fingerprint density at radius 3 is 2.31 bits per heavy atom. The molecule has 0 radical (unpaired) electrons. The van der Waals surface area contributed by atoms with Crippen LogP contribution in [-0.4, -0.2) is 39.2 Å². The molecule has 0 heterocycles. The van der Waals surface area contributed by atoms with E-state index in [1.54, 1.807) is 39.3 Å². The maximum atomic E-state index is 13.5. The number of para-hydroxylation sites is 1. The molecule has 0 saturated carbocycles. The fourth-order valence-electron chi connectivity index (χ4n) is 4.90. The molecule has 2 amide bonds. The fraction of sp³-hybridized carbons (Fsp3) is 0.300. The number of nitrogens with one attached hydrogen (secondary N) is 3. The predicted molar refractivity (Wildman–Crippen MR) is 151 cm³/mol. The Morgan fingerprint density at radius 1 is 0.949 bits per heavy atom. The van der Waals surface area contributed by atoms with Gasteiger partial charge < -0.3 is 30.2 Å². The number of anilines is 2. The van der Waals surface area contributed by atoms with Gasteiger partial charge in [-0.2, -0.15) is 0 Å². The van der Waals surface area contributed by atoms with E-state index in [9.17, 15) is 14.4 Å². The highest BCUT2D eigenvalue weighted by molar-refractivity contribution is 5.96. The summed E-state index contributed by atoms with van der Waals surface area (Å²) in [5.41, 5.74) is 3.65. The van der Waals surface area contributed by atoms with Gasteiger partial charge in [-0.15, -0.1) is 0 Å². The van der Waals surface area contributed by atoms with Gasteiger partial charge in [0.25, 0.3) is 0 Å². The van der Waals surface area contributed by atoms with E-state index < -0.39 is 12.1 Å². The van der Waals surface area contributed by atoms with Crippen LogP contribution in [0.3, 0.4) is 0 Å². The van der Waals surface area contributed by atoms with Crippen LogP contribution in [0.5, 0.6) is 17.2 Å². The van der Waals surface area contributed by atoms with E-state index in [1.165, 1.54) is 20.1 Å². The Hall–Kier alpha value is -4.53. The minimum absolute atomic E-state index is 0.206. The van der Waals surface area contributed by atoms with Crippen molar-refractivity contribution in [3.8, 4) is 28.4 Å². The molecule has 1 aliphatic carbocycles. The summed E-state index contributed by atoms with van der Waals surface area (Å²) in [5.74, 6) is 0.940. The Kier molecular flexibility index (Phi) is 8.39. The molecule has 0 bridgehead atoms. The second-order valence-electron chi connectivity index (χ2n) is 9.32. The Bertz CT molecular complexity index is 1440. The van der Waals surface area contributed by atoms with Crippen LogP contribution in [0.15, 0.2) is 59.4 Å². The molecule has 3 N–H and O–H groups in total. The maximum absolute atomic E-state index is 13.5. The molecule has 1 aliphatic rings. The lowest BCUT2D eigenvalue weighted by atomic mass is 9.95. The van der Waals surface area contributed by atoms with Crippen LogP contribution in [0.1, 0.15) is 37.4 Å². The van der Waals surface area contributed by atoms with Crippen LogP contribution < -0.4 is 35.6 Å². The Balaban J connectivity index is 1.82. The molecule has 204 valence electrons. The lowest BCUT2D eigenvalue weighted by Gasteiger charge is -2.19. The van der Waals surface area contributed by atoms with Gasteiger partial charge >= 0.3 is 0 Å². The highest BCUT2D eigenvalue weighted by atomic mass is 16.5. The number of carbonyl (C=O) groups excluding carboxylic acids is 2. The zero-order valence-corrected chi connectivity index (χ0v) is 22.7. The van der Waals surface area contributed by atoms with Gasteiger partial charge in [0.1, 0.15) is 6.04 Å². The SMILES string of the molecule is COc1cc2c(c(OC)c1OC)-c1ccc(N[C@H](C)C(=O)Nc3ccccc3)c(=O)cc1[C@@H](NC(C)=O)CC2. The van der Waals surface area contributed by atoms with Crippen molar-refractivity contribution in [1.29, 1.82) is 0 Å². The molecule has 0 spiro atoms. The highest BCUT2D eigenvalue weighted by Crippen LogP contribution is 2.50. The van der Waals surface area contributed by atoms with E-state index in [-0.39, 0.29) is 22.9 Å². The summed E-state index contributed by atoms with van der Waals surface area (Å²) in [7, 11) is 4.65. The number of hydrogen-bond acceptors (Lipinski definition) is 7. The lowest BCUT2D eigenvalue weighted by molar-refractivity contribution is -0.119. The van der Waals surface area contributed by atoms with Gasteiger partial charge in [0.05, 0.1) is 33.1 Å². The van der Waals surface area contributed by atoms with Gasteiger partial charge in [0.15, 0.2) is 11.5 Å². The van der Waals surface area contributed by atoms with Crippen LogP contribution in [0.4, 0.5) is 11.4 Å². The number of hydrogen-bond donors (Lipinski definition) is 3. The van der Waals surface area contributed by atoms with E-state index in [1.807, 2.05) is 30.3 Å². The molecule has 0 aromatic heterocycles. The second-order valence-corrected chi connectivity index (χ2v) is 9.32. The first-order valence-corrected chi connectivity index (χ1v) is 12.7.